The average Bonchev–Trinajstić information content (AvgIpc) is 3.27. The molecule has 0 aliphatic carbocycles. The summed E-state index contributed by atoms with van der Waals surface area (Å²) in [5.74, 6) is -0.151. The predicted octanol–water partition coefficient (Wildman–Crippen LogP) is 1.87. The fraction of sp³-hybridized carbons (Fsp3) is 0.222. The van der Waals surface area contributed by atoms with Gasteiger partial charge < -0.3 is 10.2 Å². The van der Waals surface area contributed by atoms with Crippen LogP contribution in [0.5, 0.6) is 0 Å². The predicted molar refractivity (Wildman–Crippen MR) is 94.1 cm³/mol. The minimum absolute atomic E-state index is 0.0912. The lowest BCUT2D eigenvalue weighted by Gasteiger charge is -2.21. The summed E-state index contributed by atoms with van der Waals surface area (Å²) in [5.41, 5.74) is 4.56. The van der Waals surface area contributed by atoms with Crippen LogP contribution >= 0.6 is 0 Å². The number of hydrogen-bond acceptors (Lipinski definition) is 5. The van der Waals surface area contributed by atoms with Gasteiger partial charge in [-0.15, -0.1) is 5.10 Å². The number of benzene rings is 2. The van der Waals surface area contributed by atoms with Gasteiger partial charge in [0.1, 0.15) is 12.9 Å². The SMILES string of the molecule is O=C(Cn1cnnn1)Nc1ccccc1CN1CCc2ccccc21. The third-order valence-electron chi connectivity index (χ3n) is 4.33. The summed E-state index contributed by atoms with van der Waals surface area (Å²) >= 11 is 0. The highest BCUT2D eigenvalue weighted by molar-refractivity contribution is 5.91. The topological polar surface area (TPSA) is 75.9 Å². The van der Waals surface area contributed by atoms with Gasteiger partial charge in [0, 0.05) is 24.5 Å². The molecule has 0 bridgehead atoms. The first-order valence-electron chi connectivity index (χ1n) is 8.21. The van der Waals surface area contributed by atoms with Crippen LogP contribution in [-0.2, 0) is 24.3 Å². The summed E-state index contributed by atoms with van der Waals surface area (Å²) in [4.78, 5) is 14.6. The van der Waals surface area contributed by atoms with Crippen molar-refractivity contribution in [1.82, 2.24) is 20.2 Å². The Morgan fingerprint density at radius 3 is 2.84 bits per heavy atom. The van der Waals surface area contributed by atoms with E-state index in [0.717, 1.165) is 30.8 Å². The highest BCUT2D eigenvalue weighted by Gasteiger charge is 2.19. The van der Waals surface area contributed by atoms with Crippen LogP contribution in [0.1, 0.15) is 11.1 Å². The van der Waals surface area contributed by atoms with E-state index in [9.17, 15) is 4.79 Å². The summed E-state index contributed by atoms with van der Waals surface area (Å²) in [6.45, 7) is 1.85. The van der Waals surface area contributed by atoms with E-state index in [0.29, 0.717) is 0 Å². The molecule has 1 N–H and O–H groups in total. The number of nitrogens with one attached hydrogen (secondary N) is 1. The van der Waals surface area contributed by atoms with E-state index in [1.54, 1.807) is 0 Å². The Morgan fingerprint density at radius 2 is 1.96 bits per heavy atom. The number of rotatable bonds is 5. The van der Waals surface area contributed by atoms with Gasteiger partial charge in [-0.25, -0.2) is 4.68 Å². The second-order valence-corrected chi connectivity index (χ2v) is 6.01. The molecule has 1 amide bonds. The molecule has 7 nitrogen and oxygen atoms in total. The summed E-state index contributed by atoms with van der Waals surface area (Å²) in [5, 5.41) is 13.8. The minimum Gasteiger partial charge on any atom is -0.367 e. The van der Waals surface area contributed by atoms with Gasteiger partial charge in [0.2, 0.25) is 5.91 Å². The summed E-state index contributed by atoms with van der Waals surface area (Å²) in [7, 11) is 0. The lowest BCUT2D eigenvalue weighted by atomic mass is 10.1. The van der Waals surface area contributed by atoms with Crippen molar-refractivity contribution in [2.24, 2.45) is 0 Å². The number of para-hydroxylation sites is 2. The van der Waals surface area contributed by atoms with Crippen LogP contribution in [0.4, 0.5) is 11.4 Å². The molecule has 1 aromatic heterocycles. The maximum atomic E-state index is 12.2. The first-order chi connectivity index (χ1) is 12.3. The van der Waals surface area contributed by atoms with Gasteiger partial charge in [-0.2, -0.15) is 0 Å². The van der Waals surface area contributed by atoms with Crippen molar-refractivity contribution >= 4 is 17.3 Å². The van der Waals surface area contributed by atoms with Gasteiger partial charge in [0.05, 0.1) is 0 Å². The van der Waals surface area contributed by atoms with E-state index in [1.165, 1.54) is 22.3 Å². The Labute approximate surface area is 145 Å². The molecule has 1 aliphatic heterocycles. The third-order valence-corrected chi connectivity index (χ3v) is 4.33. The highest BCUT2D eigenvalue weighted by atomic mass is 16.2. The van der Waals surface area contributed by atoms with Crippen molar-refractivity contribution in [2.45, 2.75) is 19.5 Å². The minimum atomic E-state index is -0.151. The monoisotopic (exact) mass is 334 g/mol. The molecule has 0 saturated carbocycles. The Bertz CT molecular complexity index is 877. The molecule has 0 unspecified atom stereocenters. The quantitative estimate of drug-likeness (QED) is 0.771. The van der Waals surface area contributed by atoms with Crippen molar-refractivity contribution in [3.63, 3.8) is 0 Å². The van der Waals surface area contributed by atoms with Crippen molar-refractivity contribution in [1.29, 1.82) is 0 Å². The lowest BCUT2D eigenvalue weighted by molar-refractivity contribution is -0.116. The number of fused-ring (bicyclic) bond motifs is 1. The van der Waals surface area contributed by atoms with Crippen LogP contribution in [0.2, 0.25) is 0 Å². The van der Waals surface area contributed by atoms with E-state index in [2.05, 4.69) is 50.0 Å². The Hall–Kier alpha value is -3.22. The zero-order valence-corrected chi connectivity index (χ0v) is 13.7. The van der Waals surface area contributed by atoms with E-state index in [4.69, 9.17) is 0 Å². The van der Waals surface area contributed by atoms with Crippen molar-refractivity contribution in [2.75, 3.05) is 16.8 Å². The summed E-state index contributed by atoms with van der Waals surface area (Å²) < 4.78 is 1.40. The Kier molecular flexibility index (Phi) is 4.12. The van der Waals surface area contributed by atoms with Crippen molar-refractivity contribution in [3.8, 4) is 0 Å². The fourth-order valence-corrected chi connectivity index (χ4v) is 3.15. The van der Waals surface area contributed by atoms with Crippen LogP contribution in [0.25, 0.3) is 0 Å². The number of aromatic nitrogens is 4. The zero-order valence-electron chi connectivity index (χ0n) is 13.7. The number of nitrogens with zero attached hydrogens (tertiary/aromatic N) is 5. The molecule has 3 aromatic rings. The maximum Gasteiger partial charge on any atom is 0.246 e. The Morgan fingerprint density at radius 1 is 1.12 bits per heavy atom. The summed E-state index contributed by atoms with van der Waals surface area (Å²) in [6, 6.07) is 16.4. The molecule has 4 rings (SSSR count). The largest absolute Gasteiger partial charge is 0.367 e. The van der Waals surface area contributed by atoms with E-state index in [-0.39, 0.29) is 12.5 Å². The number of carbonyl (C=O) groups is 1. The molecule has 7 heteroatoms. The molecule has 0 atom stereocenters. The molecule has 2 heterocycles. The summed E-state index contributed by atoms with van der Waals surface area (Å²) in [6.07, 6.45) is 2.48. The first-order valence-corrected chi connectivity index (χ1v) is 8.21. The van der Waals surface area contributed by atoms with Crippen molar-refractivity contribution in [3.05, 3.63) is 66.0 Å². The molecule has 0 radical (unpaired) electrons. The molecule has 25 heavy (non-hydrogen) atoms. The van der Waals surface area contributed by atoms with Gasteiger partial charge in [-0.1, -0.05) is 36.4 Å². The van der Waals surface area contributed by atoms with Gasteiger partial charge in [-0.3, -0.25) is 4.79 Å². The van der Waals surface area contributed by atoms with Gasteiger partial charge in [-0.05, 0) is 40.1 Å². The standard InChI is InChI=1S/C18H18N6O/c25-18(12-24-13-19-21-22-24)20-16-7-3-1-6-15(16)11-23-10-9-14-5-2-4-8-17(14)23/h1-8,13H,9-12H2,(H,20,25). The molecule has 0 saturated heterocycles. The Balaban J connectivity index is 1.49. The average molecular weight is 334 g/mol. The van der Waals surface area contributed by atoms with Crippen LogP contribution < -0.4 is 10.2 Å². The third kappa shape index (κ3) is 3.35. The van der Waals surface area contributed by atoms with Crippen LogP contribution in [0, 0.1) is 0 Å². The van der Waals surface area contributed by atoms with Gasteiger partial charge >= 0.3 is 0 Å². The molecule has 0 spiro atoms. The lowest BCUT2D eigenvalue weighted by Crippen LogP contribution is -2.23. The molecular formula is C18H18N6O. The smallest absolute Gasteiger partial charge is 0.246 e. The molecule has 0 fully saturated rings. The van der Waals surface area contributed by atoms with Gasteiger partial charge in [0.25, 0.3) is 0 Å². The fourth-order valence-electron chi connectivity index (χ4n) is 3.15. The van der Waals surface area contributed by atoms with Crippen molar-refractivity contribution < 1.29 is 4.79 Å². The molecule has 126 valence electrons. The number of amides is 1. The van der Waals surface area contributed by atoms with Crippen LogP contribution in [0.3, 0.4) is 0 Å². The maximum absolute atomic E-state index is 12.2. The normalized spacial score (nSPS) is 12.9. The van der Waals surface area contributed by atoms with E-state index >= 15 is 0 Å². The number of anilines is 2. The number of carbonyl (C=O) groups excluding carboxylic acids is 1. The first kappa shape index (κ1) is 15.3. The second kappa shape index (κ2) is 6.72. The highest BCUT2D eigenvalue weighted by Crippen LogP contribution is 2.30. The second-order valence-electron chi connectivity index (χ2n) is 6.01. The van der Waals surface area contributed by atoms with Gasteiger partial charge in [0.15, 0.2) is 0 Å². The number of hydrogen-bond donors (Lipinski definition) is 1. The van der Waals surface area contributed by atoms with Crippen LogP contribution in [-0.4, -0.2) is 32.7 Å². The van der Waals surface area contributed by atoms with Crippen LogP contribution in [0.15, 0.2) is 54.9 Å². The van der Waals surface area contributed by atoms with E-state index in [1.807, 2.05) is 24.3 Å². The zero-order chi connectivity index (χ0) is 17.1. The molecule has 1 aliphatic rings. The molecule has 2 aromatic carbocycles. The van der Waals surface area contributed by atoms with E-state index < -0.39 is 0 Å². The molecular weight excluding hydrogens is 316 g/mol. The number of tetrazole rings is 1.